The normalized spacial score (nSPS) is 9.84. The summed E-state index contributed by atoms with van der Waals surface area (Å²) in [6, 6.07) is 12.5. The first-order valence-electron chi connectivity index (χ1n) is 7.56. The molecule has 0 spiro atoms. The smallest absolute Gasteiger partial charge is 0.228 e. The molecule has 0 bridgehead atoms. The van der Waals surface area contributed by atoms with Gasteiger partial charge >= 0.3 is 0 Å². The fourth-order valence-electron chi connectivity index (χ4n) is 2.13. The lowest BCUT2D eigenvalue weighted by molar-refractivity contribution is -0.115. The SMILES string of the molecule is COCCOc1cc(NC(=O)Cc2ccc(N)cc2)ccc1OC.Cl. The molecule has 0 fully saturated rings. The average molecular weight is 367 g/mol. The van der Waals surface area contributed by atoms with E-state index in [1.807, 2.05) is 12.1 Å². The number of rotatable bonds is 8. The van der Waals surface area contributed by atoms with Gasteiger partial charge in [-0.2, -0.15) is 0 Å². The van der Waals surface area contributed by atoms with E-state index in [0.717, 1.165) is 5.56 Å². The maximum Gasteiger partial charge on any atom is 0.228 e. The van der Waals surface area contributed by atoms with Crippen LogP contribution >= 0.6 is 12.4 Å². The number of nitrogens with one attached hydrogen (secondary N) is 1. The highest BCUT2D eigenvalue weighted by molar-refractivity contribution is 5.92. The second-order valence-electron chi connectivity index (χ2n) is 5.17. The van der Waals surface area contributed by atoms with Gasteiger partial charge in [0.25, 0.3) is 0 Å². The van der Waals surface area contributed by atoms with Gasteiger partial charge in [0.1, 0.15) is 6.61 Å². The topological polar surface area (TPSA) is 82.8 Å². The van der Waals surface area contributed by atoms with Crippen LogP contribution < -0.4 is 20.5 Å². The fourth-order valence-corrected chi connectivity index (χ4v) is 2.13. The summed E-state index contributed by atoms with van der Waals surface area (Å²) in [7, 11) is 3.17. The lowest BCUT2D eigenvalue weighted by Gasteiger charge is -2.13. The van der Waals surface area contributed by atoms with Crippen LogP contribution in [0.5, 0.6) is 11.5 Å². The summed E-state index contributed by atoms with van der Waals surface area (Å²) >= 11 is 0. The van der Waals surface area contributed by atoms with E-state index in [-0.39, 0.29) is 24.7 Å². The van der Waals surface area contributed by atoms with E-state index < -0.39 is 0 Å². The number of ether oxygens (including phenoxy) is 3. The summed E-state index contributed by atoms with van der Waals surface area (Å²) in [5, 5.41) is 2.85. The first-order valence-corrected chi connectivity index (χ1v) is 7.56. The van der Waals surface area contributed by atoms with E-state index in [4.69, 9.17) is 19.9 Å². The molecule has 2 aromatic carbocycles. The molecule has 0 aliphatic rings. The van der Waals surface area contributed by atoms with Gasteiger partial charge < -0.3 is 25.3 Å². The molecule has 25 heavy (non-hydrogen) atoms. The Kier molecular flexibility index (Phi) is 8.60. The standard InChI is InChI=1S/C18H22N2O4.ClH/c1-22-9-10-24-17-12-15(7-8-16(17)23-2)20-18(21)11-13-3-5-14(19)6-4-13;/h3-8,12H,9-11,19H2,1-2H3,(H,20,21);1H. The van der Waals surface area contributed by atoms with Gasteiger partial charge in [-0.05, 0) is 29.8 Å². The van der Waals surface area contributed by atoms with Crippen molar-refractivity contribution >= 4 is 29.7 Å². The predicted molar refractivity (Wildman–Crippen MR) is 101 cm³/mol. The average Bonchev–Trinajstić information content (AvgIpc) is 2.57. The van der Waals surface area contributed by atoms with E-state index in [9.17, 15) is 4.79 Å². The Labute approximate surface area is 153 Å². The highest BCUT2D eigenvalue weighted by Gasteiger charge is 2.09. The van der Waals surface area contributed by atoms with Crippen molar-refractivity contribution in [2.75, 3.05) is 38.5 Å². The number of nitrogen functional groups attached to an aromatic ring is 1. The van der Waals surface area contributed by atoms with Crippen LogP contribution in [-0.4, -0.2) is 33.3 Å². The van der Waals surface area contributed by atoms with Gasteiger partial charge in [0.15, 0.2) is 11.5 Å². The minimum absolute atomic E-state index is 0. The van der Waals surface area contributed by atoms with Gasteiger partial charge in [0, 0.05) is 24.6 Å². The molecule has 6 nitrogen and oxygen atoms in total. The number of halogens is 1. The van der Waals surface area contributed by atoms with E-state index in [0.29, 0.717) is 36.1 Å². The Morgan fingerprint density at radius 1 is 1.04 bits per heavy atom. The van der Waals surface area contributed by atoms with Crippen LogP contribution in [-0.2, 0) is 16.0 Å². The Balaban J connectivity index is 0.00000312. The molecule has 3 N–H and O–H groups in total. The van der Waals surface area contributed by atoms with Crippen molar-refractivity contribution in [2.24, 2.45) is 0 Å². The van der Waals surface area contributed by atoms with Crippen molar-refractivity contribution in [3.8, 4) is 11.5 Å². The van der Waals surface area contributed by atoms with Gasteiger partial charge in [0.2, 0.25) is 5.91 Å². The van der Waals surface area contributed by atoms with Crippen molar-refractivity contribution in [1.29, 1.82) is 0 Å². The second-order valence-corrected chi connectivity index (χ2v) is 5.17. The number of methoxy groups -OCH3 is 2. The lowest BCUT2D eigenvalue weighted by Crippen LogP contribution is -2.14. The molecular formula is C18H23ClN2O4. The molecule has 2 aromatic rings. The Morgan fingerprint density at radius 3 is 2.40 bits per heavy atom. The van der Waals surface area contributed by atoms with E-state index in [1.54, 1.807) is 44.6 Å². The van der Waals surface area contributed by atoms with E-state index in [1.165, 1.54) is 0 Å². The number of carbonyl (C=O) groups is 1. The van der Waals surface area contributed by atoms with Crippen LogP contribution in [0.15, 0.2) is 42.5 Å². The molecule has 0 aromatic heterocycles. The molecule has 0 aliphatic carbocycles. The van der Waals surface area contributed by atoms with Gasteiger partial charge in [-0.1, -0.05) is 12.1 Å². The number of anilines is 2. The minimum atomic E-state index is -0.118. The summed E-state index contributed by atoms with van der Waals surface area (Å²) in [5.74, 6) is 1.04. The largest absolute Gasteiger partial charge is 0.493 e. The lowest BCUT2D eigenvalue weighted by atomic mass is 10.1. The highest BCUT2D eigenvalue weighted by atomic mass is 35.5. The van der Waals surface area contributed by atoms with Crippen molar-refractivity contribution in [3.63, 3.8) is 0 Å². The van der Waals surface area contributed by atoms with Gasteiger partial charge in [-0.15, -0.1) is 12.4 Å². The molecule has 2 rings (SSSR count). The third-order valence-corrected chi connectivity index (χ3v) is 3.34. The first kappa shape index (κ1) is 20.6. The fraction of sp³-hybridized carbons (Fsp3) is 0.278. The summed E-state index contributed by atoms with van der Waals surface area (Å²) in [5.41, 5.74) is 7.85. The number of benzene rings is 2. The van der Waals surface area contributed by atoms with Gasteiger partial charge in [0.05, 0.1) is 20.1 Å². The van der Waals surface area contributed by atoms with Crippen LogP contribution in [0.4, 0.5) is 11.4 Å². The highest BCUT2D eigenvalue weighted by Crippen LogP contribution is 2.30. The number of amides is 1. The monoisotopic (exact) mass is 366 g/mol. The number of hydrogen-bond acceptors (Lipinski definition) is 5. The van der Waals surface area contributed by atoms with Crippen molar-refractivity contribution < 1.29 is 19.0 Å². The van der Waals surface area contributed by atoms with Crippen LogP contribution in [0, 0.1) is 0 Å². The molecule has 136 valence electrons. The van der Waals surface area contributed by atoms with Crippen molar-refractivity contribution in [3.05, 3.63) is 48.0 Å². The molecule has 0 saturated heterocycles. The van der Waals surface area contributed by atoms with Crippen LogP contribution in [0.2, 0.25) is 0 Å². The number of nitrogens with two attached hydrogens (primary N) is 1. The third kappa shape index (κ3) is 6.52. The predicted octanol–water partition coefficient (Wildman–Crippen LogP) is 2.91. The van der Waals surface area contributed by atoms with Crippen molar-refractivity contribution in [1.82, 2.24) is 0 Å². The molecule has 0 heterocycles. The zero-order chi connectivity index (χ0) is 17.4. The number of hydrogen-bond donors (Lipinski definition) is 2. The first-order chi connectivity index (χ1) is 11.6. The molecule has 0 radical (unpaired) electrons. The molecule has 0 atom stereocenters. The Morgan fingerprint density at radius 2 is 1.76 bits per heavy atom. The van der Waals surface area contributed by atoms with Gasteiger partial charge in [-0.3, -0.25) is 4.79 Å². The maximum absolute atomic E-state index is 12.2. The summed E-state index contributed by atoms with van der Waals surface area (Å²) < 4.78 is 15.8. The third-order valence-electron chi connectivity index (χ3n) is 3.34. The van der Waals surface area contributed by atoms with E-state index in [2.05, 4.69) is 5.32 Å². The second kappa shape index (κ2) is 10.4. The van der Waals surface area contributed by atoms with Crippen LogP contribution in [0.1, 0.15) is 5.56 Å². The van der Waals surface area contributed by atoms with Crippen LogP contribution in [0.25, 0.3) is 0 Å². The molecule has 0 saturated carbocycles. The van der Waals surface area contributed by atoms with Crippen LogP contribution in [0.3, 0.4) is 0 Å². The van der Waals surface area contributed by atoms with Gasteiger partial charge in [-0.25, -0.2) is 0 Å². The molecule has 7 heteroatoms. The molecule has 1 amide bonds. The summed E-state index contributed by atoms with van der Waals surface area (Å²) in [4.78, 5) is 12.2. The maximum atomic E-state index is 12.2. The Bertz CT molecular complexity index is 677. The minimum Gasteiger partial charge on any atom is -0.493 e. The Hall–Kier alpha value is -2.44. The number of carbonyl (C=O) groups excluding carboxylic acids is 1. The summed E-state index contributed by atoms with van der Waals surface area (Å²) in [6.07, 6.45) is 0.270. The van der Waals surface area contributed by atoms with Crippen molar-refractivity contribution in [2.45, 2.75) is 6.42 Å². The van der Waals surface area contributed by atoms with E-state index >= 15 is 0 Å². The zero-order valence-electron chi connectivity index (χ0n) is 14.3. The zero-order valence-corrected chi connectivity index (χ0v) is 15.1. The molecule has 0 aliphatic heterocycles. The summed E-state index contributed by atoms with van der Waals surface area (Å²) in [6.45, 7) is 0.868. The molecular weight excluding hydrogens is 344 g/mol. The molecule has 0 unspecified atom stereocenters. The quantitative estimate of drug-likeness (QED) is 0.554.